The Kier molecular flexibility index (Phi) is 4.30. The molecule has 0 aliphatic rings. The van der Waals surface area contributed by atoms with Crippen LogP contribution in [0.3, 0.4) is 0 Å². The van der Waals surface area contributed by atoms with E-state index in [1.165, 1.54) is 11.3 Å². The Bertz CT molecular complexity index is 510. The number of hydrogen-bond acceptors (Lipinski definition) is 4. The van der Waals surface area contributed by atoms with Crippen molar-refractivity contribution in [1.29, 1.82) is 0 Å². The largest absolute Gasteiger partial charge is 0.376 e. The van der Waals surface area contributed by atoms with Gasteiger partial charge in [-0.05, 0) is 18.6 Å². The molecule has 4 nitrogen and oxygen atoms in total. The molecule has 1 heterocycles. The second kappa shape index (κ2) is 6.16. The molecular formula is C13H15N3OS. The van der Waals surface area contributed by atoms with Gasteiger partial charge in [-0.15, -0.1) is 11.3 Å². The molecule has 0 aliphatic carbocycles. The molecule has 94 valence electrons. The fraction of sp³-hybridized carbons (Fsp3) is 0.231. The smallest absolute Gasteiger partial charge is 0.245 e. The van der Waals surface area contributed by atoms with Gasteiger partial charge in [0.15, 0.2) is 5.13 Å². The first-order chi connectivity index (χ1) is 8.78. The molecule has 1 aromatic carbocycles. The summed E-state index contributed by atoms with van der Waals surface area (Å²) in [4.78, 5) is 16.0. The molecule has 1 aromatic heterocycles. The van der Waals surface area contributed by atoms with Crippen molar-refractivity contribution in [3.8, 4) is 0 Å². The molecule has 18 heavy (non-hydrogen) atoms. The SMILES string of the molecule is CCc1csc(NC(=O)CNc2ccccc2)n1. The first-order valence-electron chi connectivity index (χ1n) is 5.81. The lowest BCUT2D eigenvalue weighted by atomic mass is 10.3. The molecule has 0 saturated heterocycles. The minimum absolute atomic E-state index is 0.0872. The minimum atomic E-state index is -0.0872. The Morgan fingerprint density at radius 3 is 2.78 bits per heavy atom. The molecule has 1 amide bonds. The summed E-state index contributed by atoms with van der Waals surface area (Å²) < 4.78 is 0. The maximum absolute atomic E-state index is 11.7. The Hall–Kier alpha value is -1.88. The fourth-order valence-corrected chi connectivity index (χ4v) is 2.24. The molecule has 2 aromatic rings. The number of amides is 1. The summed E-state index contributed by atoms with van der Waals surface area (Å²) in [5.41, 5.74) is 1.94. The second-order valence-electron chi connectivity index (χ2n) is 3.77. The van der Waals surface area contributed by atoms with E-state index in [1.807, 2.05) is 42.6 Å². The number of nitrogens with one attached hydrogen (secondary N) is 2. The quantitative estimate of drug-likeness (QED) is 0.870. The van der Waals surface area contributed by atoms with E-state index >= 15 is 0 Å². The predicted octanol–water partition coefficient (Wildman–Crippen LogP) is 2.76. The highest BCUT2D eigenvalue weighted by atomic mass is 32.1. The van der Waals surface area contributed by atoms with Crippen molar-refractivity contribution in [2.24, 2.45) is 0 Å². The maximum atomic E-state index is 11.7. The van der Waals surface area contributed by atoms with Gasteiger partial charge in [0.2, 0.25) is 5.91 Å². The molecule has 2 N–H and O–H groups in total. The number of carbonyl (C=O) groups excluding carboxylic acids is 1. The summed E-state index contributed by atoms with van der Waals surface area (Å²) in [6.07, 6.45) is 0.884. The second-order valence-corrected chi connectivity index (χ2v) is 4.62. The zero-order valence-corrected chi connectivity index (χ0v) is 11.0. The van der Waals surface area contributed by atoms with E-state index in [1.54, 1.807) is 0 Å². The van der Waals surface area contributed by atoms with Gasteiger partial charge < -0.3 is 10.6 Å². The average Bonchev–Trinajstić information content (AvgIpc) is 2.85. The lowest BCUT2D eigenvalue weighted by Crippen LogP contribution is -2.21. The van der Waals surface area contributed by atoms with Crippen LogP contribution in [0.4, 0.5) is 10.8 Å². The van der Waals surface area contributed by atoms with Gasteiger partial charge >= 0.3 is 0 Å². The van der Waals surface area contributed by atoms with Gasteiger partial charge in [0.05, 0.1) is 12.2 Å². The van der Waals surface area contributed by atoms with Gasteiger partial charge in [0.25, 0.3) is 0 Å². The van der Waals surface area contributed by atoms with Crippen molar-refractivity contribution in [1.82, 2.24) is 4.98 Å². The molecular weight excluding hydrogens is 246 g/mol. The summed E-state index contributed by atoms with van der Waals surface area (Å²) >= 11 is 1.45. The highest BCUT2D eigenvalue weighted by Crippen LogP contribution is 2.15. The van der Waals surface area contributed by atoms with Gasteiger partial charge in [-0.25, -0.2) is 4.98 Å². The van der Waals surface area contributed by atoms with E-state index in [0.29, 0.717) is 5.13 Å². The van der Waals surface area contributed by atoms with E-state index in [-0.39, 0.29) is 12.5 Å². The Labute approximate surface area is 110 Å². The summed E-state index contributed by atoms with van der Waals surface area (Å²) in [6, 6.07) is 9.63. The topological polar surface area (TPSA) is 54.0 Å². The fourth-order valence-electron chi connectivity index (χ4n) is 1.43. The monoisotopic (exact) mass is 261 g/mol. The van der Waals surface area contributed by atoms with E-state index in [9.17, 15) is 4.79 Å². The highest BCUT2D eigenvalue weighted by molar-refractivity contribution is 7.13. The van der Waals surface area contributed by atoms with Crippen molar-refractivity contribution in [2.45, 2.75) is 13.3 Å². The third kappa shape index (κ3) is 3.56. The number of benzene rings is 1. The molecule has 5 heteroatoms. The molecule has 0 spiro atoms. The average molecular weight is 261 g/mol. The number of nitrogens with zero attached hydrogens (tertiary/aromatic N) is 1. The van der Waals surface area contributed by atoms with Crippen molar-refractivity contribution < 1.29 is 4.79 Å². The third-order valence-corrected chi connectivity index (χ3v) is 3.19. The Morgan fingerprint density at radius 1 is 1.33 bits per heavy atom. The first-order valence-corrected chi connectivity index (χ1v) is 6.69. The number of hydrogen-bond donors (Lipinski definition) is 2. The molecule has 2 rings (SSSR count). The van der Waals surface area contributed by atoms with Crippen LogP contribution in [0.15, 0.2) is 35.7 Å². The van der Waals surface area contributed by atoms with Crippen LogP contribution in [0.5, 0.6) is 0 Å². The zero-order chi connectivity index (χ0) is 12.8. The number of para-hydroxylation sites is 1. The van der Waals surface area contributed by atoms with E-state index in [4.69, 9.17) is 0 Å². The number of thiazole rings is 1. The molecule has 0 unspecified atom stereocenters. The summed E-state index contributed by atoms with van der Waals surface area (Å²) in [5, 5.41) is 8.44. The summed E-state index contributed by atoms with van der Waals surface area (Å²) in [7, 11) is 0. The van der Waals surface area contributed by atoms with Crippen molar-refractivity contribution in [3.63, 3.8) is 0 Å². The lowest BCUT2D eigenvalue weighted by Gasteiger charge is -2.05. The Balaban J connectivity index is 1.82. The number of aromatic nitrogens is 1. The first kappa shape index (κ1) is 12.6. The highest BCUT2D eigenvalue weighted by Gasteiger charge is 2.05. The standard InChI is InChI=1S/C13H15N3OS/c1-2-10-9-18-13(15-10)16-12(17)8-14-11-6-4-3-5-7-11/h3-7,9,14H,2,8H2,1H3,(H,15,16,17). The van der Waals surface area contributed by atoms with Crippen LogP contribution >= 0.6 is 11.3 Å². The van der Waals surface area contributed by atoms with E-state index in [0.717, 1.165) is 17.8 Å². The third-order valence-electron chi connectivity index (χ3n) is 2.39. The minimum Gasteiger partial charge on any atom is -0.376 e. The van der Waals surface area contributed by atoms with Crippen LogP contribution < -0.4 is 10.6 Å². The van der Waals surface area contributed by atoms with E-state index < -0.39 is 0 Å². The van der Waals surface area contributed by atoms with E-state index in [2.05, 4.69) is 15.6 Å². The predicted molar refractivity (Wildman–Crippen MR) is 75.1 cm³/mol. The molecule has 0 saturated carbocycles. The van der Waals surface area contributed by atoms with Crippen LogP contribution in [-0.4, -0.2) is 17.4 Å². The maximum Gasteiger partial charge on any atom is 0.245 e. The summed E-state index contributed by atoms with van der Waals surface area (Å²) in [5.74, 6) is -0.0872. The van der Waals surface area contributed by atoms with Crippen LogP contribution in [-0.2, 0) is 11.2 Å². The van der Waals surface area contributed by atoms with Crippen molar-refractivity contribution >= 4 is 28.1 Å². The van der Waals surface area contributed by atoms with Gasteiger partial charge in [-0.1, -0.05) is 25.1 Å². The Morgan fingerprint density at radius 2 is 2.11 bits per heavy atom. The number of anilines is 2. The lowest BCUT2D eigenvalue weighted by molar-refractivity contribution is -0.114. The molecule has 0 aliphatic heterocycles. The molecule has 0 fully saturated rings. The number of carbonyl (C=O) groups is 1. The summed E-state index contributed by atoms with van der Waals surface area (Å²) in [6.45, 7) is 2.28. The van der Waals surface area contributed by atoms with Gasteiger partial charge in [-0.2, -0.15) is 0 Å². The normalized spacial score (nSPS) is 10.1. The molecule has 0 bridgehead atoms. The zero-order valence-electron chi connectivity index (χ0n) is 10.1. The van der Waals surface area contributed by atoms with Gasteiger partial charge in [-0.3, -0.25) is 4.79 Å². The molecule has 0 radical (unpaired) electrons. The van der Waals surface area contributed by atoms with Crippen LogP contribution in [0.1, 0.15) is 12.6 Å². The van der Waals surface area contributed by atoms with Gasteiger partial charge in [0.1, 0.15) is 0 Å². The van der Waals surface area contributed by atoms with Gasteiger partial charge in [0, 0.05) is 11.1 Å². The van der Waals surface area contributed by atoms with Crippen molar-refractivity contribution in [3.05, 3.63) is 41.4 Å². The molecule has 0 atom stereocenters. The van der Waals surface area contributed by atoms with Crippen molar-refractivity contribution in [2.75, 3.05) is 17.2 Å². The number of aryl methyl sites for hydroxylation is 1. The van der Waals surface area contributed by atoms with Crippen LogP contribution in [0.2, 0.25) is 0 Å². The van der Waals surface area contributed by atoms with Crippen LogP contribution in [0, 0.1) is 0 Å². The van der Waals surface area contributed by atoms with Crippen LogP contribution in [0.25, 0.3) is 0 Å². The number of rotatable bonds is 5.